The van der Waals surface area contributed by atoms with E-state index in [1.54, 1.807) is 30.3 Å². The molecule has 0 aliphatic heterocycles. The van der Waals surface area contributed by atoms with Gasteiger partial charge in [-0.2, -0.15) is 4.31 Å². The molecule has 2 aromatic carbocycles. The molecule has 0 fully saturated rings. The Labute approximate surface area is 170 Å². The van der Waals surface area contributed by atoms with Crippen molar-refractivity contribution in [2.24, 2.45) is 0 Å². The monoisotopic (exact) mass is 426 g/mol. The van der Waals surface area contributed by atoms with E-state index >= 15 is 0 Å². The minimum absolute atomic E-state index is 0.223. The van der Waals surface area contributed by atoms with Crippen molar-refractivity contribution in [2.75, 3.05) is 23.8 Å². The maximum absolute atomic E-state index is 12.7. The minimum Gasteiger partial charge on any atom is -0.331 e. The van der Waals surface area contributed by atoms with Gasteiger partial charge in [0.15, 0.2) is 5.11 Å². The number of aryl methyl sites for hydroxylation is 1. The lowest BCUT2D eigenvalue weighted by Gasteiger charge is -2.20. The van der Waals surface area contributed by atoms with Crippen molar-refractivity contribution in [2.45, 2.75) is 25.7 Å². The molecule has 2 rings (SSSR count). The van der Waals surface area contributed by atoms with Gasteiger partial charge in [-0.15, -0.1) is 0 Å². The zero-order valence-electron chi connectivity index (χ0n) is 15.4. The van der Waals surface area contributed by atoms with Gasteiger partial charge in [-0.1, -0.05) is 43.6 Å². The van der Waals surface area contributed by atoms with Gasteiger partial charge in [0, 0.05) is 18.8 Å². The van der Waals surface area contributed by atoms with Crippen LogP contribution in [0.2, 0.25) is 5.02 Å². The van der Waals surface area contributed by atoms with Crippen LogP contribution in [-0.4, -0.2) is 30.9 Å². The van der Waals surface area contributed by atoms with Gasteiger partial charge in [0.05, 0.1) is 15.6 Å². The van der Waals surface area contributed by atoms with Gasteiger partial charge in [0.2, 0.25) is 10.0 Å². The largest absolute Gasteiger partial charge is 0.331 e. The van der Waals surface area contributed by atoms with E-state index in [0.717, 1.165) is 5.56 Å². The Bertz CT molecular complexity index is 915. The third kappa shape index (κ3) is 5.32. The fourth-order valence-electron chi connectivity index (χ4n) is 2.45. The van der Waals surface area contributed by atoms with Gasteiger partial charge in [0.1, 0.15) is 0 Å². The molecule has 146 valence electrons. The number of rotatable bonds is 7. The van der Waals surface area contributed by atoms with Crippen LogP contribution in [-0.2, 0) is 10.0 Å². The number of hydrogen-bond donors (Lipinski definition) is 3. The third-order valence-electron chi connectivity index (χ3n) is 3.98. The van der Waals surface area contributed by atoms with Crippen LogP contribution >= 0.6 is 23.8 Å². The summed E-state index contributed by atoms with van der Waals surface area (Å²) in [5.41, 5.74) is 7.93. The Morgan fingerprint density at radius 3 is 2.41 bits per heavy atom. The van der Waals surface area contributed by atoms with Crippen molar-refractivity contribution in [3.63, 3.8) is 0 Å². The normalized spacial score (nSPS) is 11.3. The molecular weight excluding hydrogens is 404 g/mol. The summed E-state index contributed by atoms with van der Waals surface area (Å²) in [6.45, 7) is 6.33. The van der Waals surface area contributed by atoms with Gasteiger partial charge in [-0.3, -0.25) is 10.9 Å². The molecule has 0 bridgehead atoms. The number of hydrogen-bond acceptors (Lipinski definition) is 4. The molecule has 0 aliphatic carbocycles. The third-order valence-corrected chi connectivity index (χ3v) is 6.56. The predicted molar refractivity (Wildman–Crippen MR) is 116 cm³/mol. The molecule has 0 atom stereocenters. The number of nitrogens with one attached hydrogen (secondary N) is 3. The van der Waals surface area contributed by atoms with E-state index in [-0.39, 0.29) is 10.0 Å². The molecule has 2 aromatic rings. The van der Waals surface area contributed by atoms with Gasteiger partial charge in [-0.25, -0.2) is 8.42 Å². The highest BCUT2D eigenvalue weighted by Gasteiger charge is 2.22. The first-order valence-corrected chi connectivity index (χ1v) is 10.7. The molecule has 0 saturated heterocycles. The highest BCUT2D eigenvalue weighted by Crippen LogP contribution is 2.23. The molecule has 6 nitrogen and oxygen atoms in total. The lowest BCUT2D eigenvalue weighted by atomic mass is 10.2. The van der Waals surface area contributed by atoms with Crippen molar-refractivity contribution in [1.82, 2.24) is 9.73 Å². The number of sulfonamides is 1. The van der Waals surface area contributed by atoms with Gasteiger partial charge in [0.25, 0.3) is 0 Å². The van der Waals surface area contributed by atoms with E-state index in [0.29, 0.717) is 29.5 Å². The molecule has 27 heavy (non-hydrogen) atoms. The summed E-state index contributed by atoms with van der Waals surface area (Å²) in [4.78, 5) is 0.223. The molecule has 0 spiro atoms. The second-order valence-corrected chi connectivity index (χ2v) is 8.50. The summed E-state index contributed by atoms with van der Waals surface area (Å²) in [5, 5.41) is 3.86. The molecule has 0 aromatic heterocycles. The van der Waals surface area contributed by atoms with E-state index in [2.05, 4.69) is 16.2 Å². The summed E-state index contributed by atoms with van der Waals surface area (Å²) >= 11 is 11.4. The lowest BCUT2D eigenvalue weighted by Crippen LogP contribution is -2.34. The van der Waals surface area contributed by atoms with E-state index in [9.17, 15) is 8.42 Å². The molecule has 0 amide bonds. The Morgan fingerprint density at radius 2 is 1.78 bits per heavy atom. The van der Waals surface area contributed by atoms with Crippen LogP contribution in [0.3, 0.4) is 0 Å². The molecule has 0 unspecified atom stereocenters. The lowest BCUT2D eigenvalue weighted by molar-refractivity contribution is 0.445. The smallest absolute Gasteiger partial charge is 0.243 e. The number of para-hydroxylation sites is 1. The van der Waals surface area contributed by atoms with Gasteiger partial charge < -0.3 is 5.32 Å². The van der Waals surface area contributed by atoms with Crippen molar-refractivity contribution < 1.29 is 8.42 Å². The fraction of sp³-hybridized carbons (Fsp3) is 0.278. The number of benzene rings is 2. The first kappa shape index (κ1) is 21.4. The molecule has 0 aliphatic rings. The van der Waals surface area contributed by atoms with Crippen molar-refractivity contribution in [3.8, 4) is 0 Å². The summed E-state index contributed by atoms with van der Waals surface area (Å²) in [7, 11) is -3.54. The summed E-state index contributed by atoms with van der Waals surface area (Å²) in [6.07, 6.45) is 0. The van der Waals surface area contributed by atoms with Crippen LogP contribution in [0.25, 0.3) is 0 Å². The van der Waals surface area contributed by atoms with Crippen LogP contribution in [0.1, 0.15) is 19.4 Å². The molecule has 9 heteroatoms. The highest BCUT2D eigenvalue weighted by atomic mass is 35.5. The molecule has 3 N–H and O–H groups in total. The summed E-state index contributed by atoms with van der Waals surface area (Å²) in [5.74, 6) is 0. The predicted octanol–water partition coefficient (Wildman–Crippen LogP) is 3.99. The van der Waals surface area contributed by atoms with E-state index < -0.39 is 10.0 Å². The number of nitrogens with zero attached hydrogens (tertiary/aromatic N) is 1. The van der Waals surface area contributed by atoms with Crippen molar-refractivity contribution >= 4 is 50.3 Å². The highest BCUT2D eigenvalue weighted by molar-refractivity contribution is 7.89. The Balaban J connectivity index is 2.14. The standard InChI is InChI=1S/C18H23ClN4O2S2/c1-4-23(5-2)27(24,25)14-11-10-13(3)17(12-14)20-18(26)22-21-16-9-7-6-8-15(16)19/h6-12,21H,4-5H2,1-3H3,(H2,20,22,26). The van der Waals surface area contributed by atoms with Crippen molar-refractivity contribution in [3.05, 3.63) is 53.1 Å². The van der Waals surface area contributed by atoms with Crippen LogP contribution in [0.15, 0.2) is 47.4 Å². The number of anilines is 2. The maximum Gasteiger partial charge on any atom is 0.243 e. The van der Waals surface area contributed by atoms with Gasteiger partial charge >= 0.3 is 0 Å². The number of hydrazine groups is 1. The number of halogens is 1. The topological polar surface area (TPSA) is 73.5 Å². The molecule has 0 radical (unpaired) electrons. The average molecular weight is 427 g/mol. The summed E-state index contributed by atoms with van der Waals surface area (Å²) < 4.78 is 26.8. The average Bonchev–Trinajstić information content (AvgIpc) is 2.63. The quantitative estimate of drug-likeness (QED) is 0.459. The van der Waals surface area contributed by atoms with Crippen LogP contribution in [0.4, 0.5) is 11.4 Å². The first-order valence-electron chi connectivity index (χ1n) is 8.48. The zero-order valence-corrected chi connectivity index (χ0v) is 17.8. The Hall–Kier alpha value is -1.87. The second-order valence-electron chi connectivity index (χ2n) is 5.75. The summed E-state index contributed by atoms with van der Waals surface area (Å²) in [6, 6.07) is 12.2. The van der Waals surface area contributed by atoms with Crippen LogP contribution in [0.5, 0.6) is 0 Å². The SMILES string of the molecule is CCN(CC)S(=O)(=O)c1ccc(C)c(NC(=S)NNc2ccccc2Cl)c1. The van der Waals surface area contributed by atoms with E-state index in [1.165, 1.54) is 4.31 Å². The van der Waals surface area contributed by atoms with E-state index in [1.807, 2.05) is 32.9 Å². The maximum atomic E-state index is 12.7. The first-order chi connectivity index (χ1) is 12.8. The zero-order chi connectivity index (χ0) is 20.0. The fourth-order valence-corrected chi connectivity index (χ4v) is 4.28. The minimum atomic E-state index is -3.54. The van der Waals surface area contributed by atoms with Crippen LogP contribution in [0, 0.1) is 6.92 Å². The van der Waals surface area contributed by atoms with Gasteiger partial charge in [-0.05, 0) is 49.0 Å². The van der Waals surface area contributed by atoms with Crippen molar-refractivity contribution in [1.29, 1.82) is 0 Å². The molecule has 0 saturated carbocycles. The number of thiocarbonyl (C=S) groups is 1. The van der Waals surface area contributed by atoms with E-state index in [4.69, 9.17) is 23.8 Å². The Morgan fingerprint density at radius 1 is 1.11 bits per heavy atom. The molecule has 0 heterocycles. The second kappa shape index (κ2) is 9.36. The van der Waals surface area contributed by atoms with Crippen LogP contribution < -0.4 is 16.2 Å². The Kier molecular flexibility index (Phi) is 7.43. The molecular formula is C18H23ClN4O2S2.